The minimum atomic E-state index is -0.698. The quantitative estimate of drug-likeness (QED) is 0.806. The predicted octanol–water partition coefficient (Wildman–Crippen LogP) is 1.63. The van der Waals surface area contributed by atoms with Gasteiger partial charge in [0.15, 0.2) is 18.1 Å². The normalized spacial score (nSPS) is 10.1. The second kappa shape index (κ2) is 7.96. The van der Waals surface area contributed by atoms with Crippen LogP contribution >= 0.6 is 0 Å². The van der Waals surface area contributed by atoms with E-state index in [-0.39, 0.29) is 30.2 Å². The Morgan fingerprint density at radius 2 is 1.92 bits per heavy atom. The van der Waals surface area contributed by atoms with Crippen LogP contribution in [0.1, 0.15) is 15.9 Å². The molecule has 6 nitrogen and oxygen atoms in total. The van der Waals surface area contributed by atoms with Gasteiger partial charge >= 0.3 is 0 Å². The third-order valence-electron chi connectivity index (χ3n) is 3.25. The van der Waals surface area contributed by atoms with Crippen molar-refractivity contribution in [3.05, 3.63) is 59.4 Å². The molecule has 2 rings (SSSR count). The Bertz CT molecular complexity index is 749. The van der Waals surface area contributed by atoms with Crippen LogP contribution in [0.3, 0.4) is 0 Å². The van der Waals surface area contributed by atoms with Crippen molar-refractivity contribution in [1.29, 1.82) is 0 Å². The summed E-state index contributed by atoms with van der Waals surface area (Å²) >= 11 is 0. The first kappa shape index (κ1) is 17.3. The largest absolute Gasteiger partial charge is 0.493 e. The van der Waals surface area contributed by atoms with Crippen molar-refractivity contribution in [2.24, 2.45) is 5.73 Å². The van der Waals surface area contributed by atoms with Gasteiger partial charge in [-0.25, -0.2) is 4.39 Å². The molecule has 0 unspecified atom stereocenters. The average Bonchev–Trinajstić information content (AvgIpc) is 2.58. The minimum Gasteiger partial charge on any atom is -0.493 e. The van der Waals surface area contributed by atoms with Gasteiger partial charge in [0, 0.05) is 12.1 Å². The molecule has 2 amide bonds. The Kier molecular flexibility index (Phi) is 5.73. The first-order chi connectivity index (χ1) is 11.5. The topological polar surface area (TPSA) is 90.7 Å². The Hall–Kier alpha value is -3.09. The number of nitrogens with one attached hydrogen (secondary N) is 1. The summed E-state index contributed by atoms with van der Waals surface area (Å²) in [5.74, 6) is -1.20. The SMILES string of the molecule is COc1cccc(C(N)=O)c1OCC(=O)NCc1ccccc1F. The van der Waals surface area contributed by atoms with Gasteiger partial charge in [-0.15, -0.1) is 0 Å². The third kappa shape index (κ3) is 4.22. The highest BCUT2D eigenvalue weighted by Gasteiger charge is 2.16. The molecular weight excluding hydrogens is 315 g/mol. The van der Waals surface area contributed by atoms with Crippen LogP contribution in [0, 0.1) is 5.82 Å². The van der Waals surface area contributed by atoms with Crippen LogP contribution in [-0.4, -0.2) is 25.5 Å². The van der Waals surface area contributed by atoms with Gasteiger partial charge < -0.3 is 20.5 Å². The molecule has 0 heterocycles. The molecule has 7 heteroatoms. The maximum absolute atomic E-state index is 13.5. The van der Waals surface area contributed by atoms with E-state index in [1.807, 2.05) is 0 Å². The minimum absolute atomic E-state index is 0.0312. The van der Waals surface area contributed by atoms with Gasteiger partial charge in [0.25, 0.3) is 11.8 Å². The molecule has 0 saturated heterocycles. The van der Waals surface area contributed by atoms with Crippen LogP contribution in [-0.2, 0) is 11.3 Å². The number of primary amides is 1. The van der Waals surface area contributed by atoms with Crippen molar-refractivity contribution in [3.8, 4) is 11.5 Å². The van der Waals surface area contributed by atoms with Crippen LogP contribution < -0.4 is 20.5 Å². The number of halogens is 1. The van der Waals surface area contributed by atoms with Gasteiger partial charge in [-0.05, 0) is 18.2 Å². The van der Waals surface area contributed by atoms with E-state index in [2.05, 4.69) is 5.32 Å². The second-order valence-corrected chi connectivity index (χ2v) is 4.86. The summed E-state index contributed by atoms with van der Waals surface area (Å²) in [4.78, 5) is 23.3. The lowest BCUT2D eigenvalue weighted by Crippen LogP contribution is -2.29. The standard InChI is InChI=1S/C17H17FN2O4/c1-23-14-8-4-6-12(17(19)22)16(14)24-10-15(21)20-9-11-5-2-3-7-13(11)18/h2-8H,9-10H2,1H3,(H2,19,22)(H,20,21). The van der Waals surface area contributed by atoms with Crippen LogP contribution in [0.25, 0.3) is 0 Å². The fraction of sp³-hybridized carbons (Fsp3) is 0.176. The summed E-state index contributed by atoms with van der Waals surface area (Å²) in [6, 6.07) is 10.8. The molecule has 0 aliphatic carbocycles. The number of carbonyl (C=O) groups excluding carboxylic acids is 2. The van der Waals surface area contributed by atoms with E-state index in [0.29, 0.717) is 5.56 Å². The number of nitrogens with two attached hydrogens (primary N) is 1. The van der Waals surface area contributed by atoms with E-state index >= 15 is 0 Å². The van der Waals surface area contributed by atoms with Crippen LogP contribution in [0.4, 0.5) is 4.39 Å². The Labute approximate surface area is 138 Å². The lowest BCUT2D eigenvalue weighted by molar-refractivity contribution is -0.123. The number of hydrogen-bond donors (Lipinski definition) is 2. The third-order valence-corrected chi connectivity index (χ3v) is 3.25. The van der Waals surface area contributed by atoms with E-state index < -0.39 is 17.6 Å². The summed E-state index contributed by atoms with van der Waals surface area (Å²) in [7, 11) is 1.41. The van der Waals surface area contributed by atoms with Crippen molar-refractivity contribution in [3.63, 3.8) is 0 Å². The van der Waals surface area contributed by atoms with Crippen molar-refractivity contribution in [2.45, 2.75) is 6.54 Å². The summed E-state index contributed by atoms with van der Waals surface area (Å²) in [6.45, 7) is -0.335. The van der Waals surface area contributed by atoms with Gasteiger partial charge in [-0.1, -0.05) is 24.3 Å². The predicted molar refractivity (Wildman–Crippen MR) is 85.3 cm³/mol. The highest BCUT2D eigenvalue weighted by Crippen LogP contribution is 2.30. The van der Waals surface area contributed by atoms with Gasteiger partial charge in [-0.3, -0.25) is 9.59 Å². The molecule has 24 heavy (non-hydrogen) atoms. The molecule has 0 aliphatic rings. The molecule has 0 aromatic heterocycles. The summed E-state index contributed by atoms with van der Waals surface area (Å²) < 4.78 is 23.9. The molecule has 2 aromatic carbocycles. The molecule has 0 radical (unpaired) electrons. The number of carbonyl (C=O) groups is 2. The van der Waals surface area contributed by atoms with E-state index in [1.54, 1.807) is 30.3 Å². The Balaban J connectivity index is 1.99. The highest BCUT2D eigenvalue weighted by molar-refractivity contribution is 5.96. The van der Waals surface area contributed by atoms with Crippen molar-refractivity contribution in [1.82, 2.24) is 5.32 Å². The molecule has 0 fully saturated rings. The van der Waals surface area contributed by atoms with E-state index in [9.17, 15) is 14.0 Å². The first-order valence-electron chi connectivity index (χ1n) is 7.12. The molecule has 0 aliphatic heterocycles. The number of hydrogen-bond acceptors (Lipinski definition) is 4. The summed E-state index contributed by atoms with van der Waals surface area (Å²) in [6.07, 6.45) is 0. The van der Waals surface area contributed by atoms with E-state index in [4.69, 9.17) is 15.2 Å². The zero-order chi connectivity index (χ0) is 17.5. The average molecular weight is 332 g/mol. The number of amides is 2. The highest BCUT2D eigenvalue weighted by atomic mass is 19.1. The van der Waals surface area contributed by atoms with Crippen molar-refractivity contribution >= 4 is 11.8 Å². The molecular formula is C17H17FN2O4. The molecule has 2 aromatic rings. The Morgan fingerprint density at radius 1 is 1.17 bits per heavy atom. The first-order valence-corrected chi connectivity index (χ1v) is 7.12. The maximum atomic E-state index is 13.5. The molecule has 3 N–H and O–H groups in total. The van der Waals surface area contributed by atoms with Crippen LogP contribution in [0.2, 0.25) is 0 Å². The number of ether oxygens (including phenoxy) is 2. The lowest BCUT2D eigenvalue weighted by Gasteiger charge is -2.13. The Morgan fingerprint density at radius 3 is 2.58 bits per heavy atom. The second-order valence-electron chi connectivity index (χ2n) is 4.86. The van der Waals surface area contributed by atoms with Crippen LogP contribution in [0.5, 0.6) is 11.5 Å². The van der Waals surface area contributed by atoms with Crippen molar-refractivity contribution in [2.75, 3.05) is 13.7 Å². The number of rotatable bonds is 7. The molecule has 0 bridgehead atoms. The van der Waals surface area contributed by atoms with E-state index in [1.165, 1.54) is 19.2 Å². The fourth-order valence-electron chi connectivity index (χ4n) is 2.04. The number of para-hydroxylation sites is 1. The monoisotopic (exact) mass is 332 g/mol. The number of benzene rings is 2. The van der Waals surface area contributed by atoms with Crippen LogP contribution in [0.15, 0.2) is 42.5 Å². The zero-order valence-electron chi connectivity index (χ0n) is 13.0. The molecule has 126 valence electrons. The summed E-state index contributed by atoms with van der Waals surface area (Å²) in [5, 5.41) is 2.54. The van der Waals surface area contributed by atoms with Gasteiger partial charge in [-0.2, -0.15) is 0 Å². The maximum Gasteiger partial charge on any atom is 0.258 e. The smallest absolute Gasteiger partial charge is 0.258 e. The van der Waals surface area contributed by atoms with Crippen molar-refractivity contribution < 1.29 is 23.5 Å². The van der Waals surface area contributed by atoms with Gasteiger partial charge in [0.1, 0.15) is 5.82 Å². The molecule has 0 spiro atoms. The molecule has 0 atom stereocenters. The number of methoxy groups -OCH3 is 1. The fourth-order valence-corrected chi connectivity index (χ4v) is 2.04. The summed E-state index contributed by atoms with van der Waals surface area (Å²) in [5.41, 5.74) is 5.75. The zero-order valence-corrected chi connectivity index (χ0v) is 13.0. The van der Waals surface area contributed by atoms with Gasteiger partial charge in [0.2, 0.25) is 0 Å². The lowest BCUT2D eigenvalue weighted by atomic mass is 10.2. The molecule has 0 saturated carbocycles. The van der Waals surface area contributed by atoms with Gasteiger partial charge in [0.05, 0.1) is 12.7 Å². The van der Waals surface area contributed by atoms with E-state index in [0.717, 1.165) is 0 Å².